The third kappa shape index (κ3) is 7.48. The molecule has 0 saturated carbocycles. The summed E-state index contributed by atoms with van der Waals surface area (Å²) in [4.78, 5) is 2.17. The van der Waals surface area contributed by atoms with Crippen LogP contribution in [0.5, 0.6) is 0 Å². The molecule has 1 aliphatic rings. The number of halogens is 3. The van der Waals surface area contributed by atoms with Gasteiger partial charge in [0, 0.05) is 24.9 Å². The fourth-order valence-electron chi connectivity index (χ4n) is 2.19. The maximum atomic E-state index is 12.1. The van der Waals surface area contributed by atoms with Gasteiger partial charge in [0.1, 0.15) is 0 Å². The number of alkyl halides is 3. The number of hydrogen-bond acceptors (Lipinski definition) is 3. The van der Waals surface area contributed by atoms with Crippen molar-refractivity contribution in [2.75, 3.05) is 31.9 Å². The topological polar surface area (TPSA) is 15.3 Å². The number of rotatable bonds is 8. The molecule has 0 aromatic carbocycles. The molecule has 6 heteroatoms. The van der Waals surface area contributed by atoms with Crippen LogP contribution in [0.2, 0.25) is 0 Å². The Labute approximate surface area is 112 Å². The second-order valence-corrected chi connectivity index (χ2v) is 5.90. The summed E-state index contributed by atoms with van der Waals surface area (Å²) in [5.41, 5.74) is -4.10. The smallest absolute Gasteiger partial charge is 0.313 e. The van der Waals surface area contributed by atoms with E-state index in [1.54, 1.807) is 0 Å². The van der Waals surface area contributed by atoms with Crippen molar-refractivity contribution < 1.29 is 13.2 Å². The highest BCUT2D eigenvalue weighted by atomic mass is 32.2. The number of thioether (sulfide) groups is 1. The molecule has 0 aromatic rings. The lowest BCUT2D eigenvalue weighted by Gasteiger charge is -2.25. The molecule has 1 atom stereocenters. The predicted molar refractivity (Wildman–Crippen MR) is 70.9 cm³/mol. The van der Waals surface area contributed by atoms with Gasteiger partial charge in [0.25, 0.3) is 0 Å². The van der Waals surface area contributed by atoms with Gasteiger partial charge in [-0.25, -0.2) is 0 Å². The zero-order valence-corrected chi connectivity index (χ0v) is 11.7. The molecule has 1 heterocycles. The monoisotopic (exact) mass is 284 g/mol. The zero-order chi connectivity index (χ0) is 13.4. The number of nitrogens with zero attached hydrogens (tertiary/aromatic N) is 1. The quantitative estimate of drug-likeness (QED) is 0.737. The van der Waals surface area contributed by atoms with Crippen LogP contribution >= 0.6 is 11.8 Å². The molecular weight excluding hydrogens is 261 g/mol. The first kappa shape index (κ1) is 16.1. The first-order chi connectivity index (χ1) is 8.51. The summed E-state index contributed by atoms with van der Waals surface area (Å²) in [6, 6.07) is 0.470. The molecule has 1 N–H and O–H groups in total. The van der Waals surface area contributed by atoms with E-state index in [9.17, 15) is 13.2 Å². The van der Waals surface area contributed by atoms with E-state index < -0.39 is 5.51 Å². The molecule has 1 fully saturated rings. The summed E-state index contributed by atoms with van der Waals surface area (Å²) < 4.78 is 36.3. The van der Waals surface area contributed by atoms with E-state index in [4.69, 9.17) is 0 Å². The second kappa shape index (κ2) is 8.27. The van der Waals surface area contributed by atoms with Crippen LogP contribution in [0.15, 0.2) is 0 Å². The van der Waals surface area contributed by atoms with E-state index in [-0.39, 0.29) is 17.5 Å². The van der Waals surface area contributed by atoms with E-state index in [1.807, 2.05) is 0 Å². The van der Waals surface area contributed by atoms with Crippen LogP contribution in [0.25, 0.3) is 0 Å². The lowest BCUT2D eigenvalue weighted by Crippen LogP contribution is -2.39. The molecule has 108 valence electrons. The number of hydrogen-bond donors (Lipinski definition) is 1. The molecule has 18 heavy (non-hydrogen) atoms. The lowest BCUT2D eigenvalue weighted by molar-refractivity contribution is -0.0328. The zero-order valence-electron chi connectivity index (χ0n) is 10.9. The van der Waals surface area contributed by atoms with Crippen molar-refractivity contribution in [1.29, 1.82) is 0 Å². The number of nitrogens with one attached hydrogen (secondary N) is 1. The Balaban J connectivity index is 2.25. The molecular formula is C12H23F3N2S. The summed E-state index contributed by atoms with van der Waals surface area (Å²) in [5.74, 6) is 0.139. The largest absolute Gasteiger partial charge is 0.441 e. The second-order valence-electron chi connectivity index (χ2n) is 4.74. The predicted octanol–water partition coefficient (Wildman–Crippen LogP) is 3.09. The third-order valence-corrected chi connectivity index (χ3v) is 3.86. The van der Waals surface area contributed by atoms with Gasteiger partial charge in [-0.1, -0.05) is 13.3 Å². The molecule has 1 rings (SSSR count). The van der Waals surface area contributed by atoms with Crippen LogP contribution in [0, 0.1) is 0 Å². The summed E-state index contributed by atoms with van der Waals surface area (Å²) in [6.07, 6.45) is 4.48. The minimum Gasteiger partial charge on any atom is -0.313 e. The van der Waals surface area contributed by atoms with Gasteiger partial charge in [-0.15, -0.1) is 0 Å². The molecule has 0 spiro atoms. The first-order valence-electron chi connectivity index (χ1n) is 6.67. The van der Waals surface area contributed by atoms with E-state index in [0.717, 1.165) is 38.9 Å². The highest BCUT2D eigenvalue weighted by Crippen LogP contribution is 2.29. The highest BCUT2D eigenvalue weighted by molar-refractivity contribution is 8.00. The maximum absolute atomic E-state index is 12.1. The van der Waals surface area contributed by atoms with Gasteiger partial charge in [0.2, 0.25) is 0 Å². The normalized spacial score (nSPS) is 20.8. The van der Waals surface area contributed by atoms with Crippen LogP contribution in [-0.2, 0) is 0 Å². The lowest BCUT2D eigenvalue weighted by atomic mass is 10.2. The van der Waals surface area contributed by atoms with E-state index in [1.165, 1.54) is 6.42 Å². The van der Waals surface area contributed by atoms with Crippen molar-refractivity contribution in [3.63, 3.8) is 0 Å². The van der Waals surface area contributed by atoms with Crippen LogP contribution in [0.1, 0.15) is 32.6 Å². The molecule has 0 aromatic heterocycles. The molecule has 0 aliphatic carbocycles. The van der Waals surface area contributed by atoms with Crippen LogP contribution < -0.4 is 5.32 Å². The molecule has 0 amide bonds. The molecule has 0 radical (unpaired) electrons. The molecule has 1 saturated heterocycles. The highest BCUT2D eigenvalue weighted by Gasteiger charge is 2.28. The van der Waals surface area contributed by atoms with Gasteiger partial charge in [0.05, 0.1) is 0 Å². The van der Waals surface area contributed by atoms with E-state index in [0.29, 0.717) is 12.6 Å². The van der Waals surface area contributed by atoms with E-state index >= 15 is 0 Å². The van der Waals surface area contributed by atoms with Crippen molar-refractivity contribution in [1.82, 2.24) is 10.2 Å². The van der Waals surface area contributed by atoms with Crippen LogP contribution in [-0.4, -0.2) is 48.4 Å². The summed E-state index contributed by atoms with van der Waals surface area (Å²) in [7, 11) is 0. The molecule has 1 unspecified atom stereocenters. The van der Waals surface area contributed by atoms with Gasteiger partial charge in [-0.05, 0) is 44.1 Å². The average molecular weight is 284 g/mol. The van der Waals surface area contributed by atoms with Gasteiger partial charge < -0.3 is 10.2 Å². The Kier molecular flexibility index (Phi) is 7.41. The average Bonchev–Trinajstić information content (AvgIpc) is 2.76. The summed E-state index contributed by atoms with van der Waals surface area (Å²) >= 11 is 0.0912. The molecule has 0 bridgehead atoms. The standard InChI is InChI=1S/C12H23F3N2S/c1-2-3-7-17(8-9-18-12(13,14)15)10-11-5-4-6-16-11/h11,16H,2-10H2,1H3. The minimum absolute atomic E-state index is 0.0912. The molecule has 1 aliphatic heterocycles. The van der Waals surface area contributed by atoms with Crippen LogP contribution in [0.4, 0.5) is 13.2 Å². The van der Waals surface area contributed by atoms with E-state index in [2.05, 4.69) is 17.1 Å². The van der Waals surface area contributed by atoms with Crippen molar-refractivity contribution in [3.05, 3.63) is 0 Å². The summed E-state index contributed by atoms with van der Waals surface area (Å²) in [6.45, 7) is 5.48. The van der Waals surface area contributed by atoms with Gasteiger partial charge in [-0.2, -0.15) is 13.2 Å². The fraction of sp³-hybridized carbons (Fsp3) is 1.00. The van der Waals surface area contributed by atoms with Crippen molar-refractivity contribution in [2.45, 2.75) is 44.2 Å². The van der Waals surface area contributed by atoms with Crippen molar-refractivity contribution in [2.24, 2.45) is 0 Å². The van der Waals surface area contributed by atoms with Gasteiger partial charge in [0.15, 0.2) is 0 Å². The fourth-order valence-corrected chi connectivity index (χ4v) is 2.77. The van der Waals surface area contributed by atoms with Gasteiger partial charge >= 0.3 is 5.51 Å². The Hall–Kier alpha value is 0.0600. The Morgan fingerprint density at radius 3 is 2.67 bits per heavy atom. The van der Waals surface area contributed by atoms with Crippen molar-refractivity contribution in [3.8, 4) is 0 Å². The SMILES string of the molecule is CCCCN(CCSC(F)(F)F)CC1CCCN1. The van der Waals surface area contributed by atoms with Crippen LogP contribution in [0.3, 0.4) is 0 Å². The first-order valence-corrected chi connectivity index (χ1v) is 7.66. The Morgan fingerprint density at radius 1 is 1.33 bits per heavy atom. The molecule has 2 nitrogen and oxygen atoms in total. The summed E-state index contributed by atoms with van der Waals surface area (Å²) in [5, 5.41) is 3.40. The van der Waals surface area contributed by atoms with Crippen molar-refractivity contribution >= 4 is 11.8 Å². The third-order valence-electron chi connectivity index (χ3n) is 3.14. The minimum atomic E-state index is -4.10. The van der Waals surface area contributed by atoms with Gasteiger partial charge in [-0.3, -0.25) is 0 Å². The maximum Gasteiger partial charge on any atom is 0.441 e. The number of unbranched alkanes of at least 4 members (excludes halogenated alkanes) is 1. The Morgan fingerprint density at radius 2 is 2.11 bits per heavy atom. The Bertz CT molecular complexity index is 218.